The van der Waals surface area contributed by atoms with Crippen LogP contribution in [0.4, 0.5) is 0 Å². The maximum atomic E-state index is 11.5. The number of ether oxygens (including phenoxy) is 1. The minimum absolute atomic E-state index is 0.00298. The number of amidine groups is 1. The van der Waals surface area contributed by atoms with Crippen molar-refractivity contribution in [3.8, 4) is 5.75 Å². The molecule has 0 fully saturated rings. The quantitative estimate of drug-likeness (QED) is 0.271. The second-order valence-corrected chi connectivity index (χ2v) is 5.95. The van der Waals surface area contributed by atoms with Crippen molar-refractivity contribution in [3.05, 3.63) is 29.8 Å². The van der Waals surface area contributed by atoms with Crippen LogP contribution in [0.1, 0.15) is 12.5 Å². The smallest absolute Gasteiger partial charge is 0.257 e. The van der Waals surface area contributed by atoms with E-state index in [1.807, 2.05) is 6.92 Å². The Kier molecular flexibility index (Phi) is 7.24. The van der Waals surface area contributed by atoms with Crippen molar-refractivity contribution in [1.29, 1.82) is 0 Å². The average Bonchev–Trinajstić information content (AvgIpc) is 2.52. The largest absolute Gasteiger partial charge is 0.484 e. The number of benzene rings is 1. The molecule has 0 radical (unpaired) electrons. The lowest BCUT2D eigenvalue weighted by atomic mass is 10.2. The number of nitrogens with two attached hydrogens (primary N) is 1. The molecule has 1 rings (SSSR count). The summed E-state index contributed by atoms with van der Waals surface area (Å²) in [7, 11) is -0.891. The van der Waals surface area contributed by atoms with E-state index in [2.05, 4.69) is 10.5 Å². The van der Waals surface area contributed by atoms with E-state index in [1.54, 1.807) is 24.3 Å². The van der Waals surface area contributed by atoms with Gasteiger partial charge in [0.05, 0.1) is 0 Å². The Morgan fingerprint density at radius 2 is 2.10 bits per heavy atom. The summed E-state index contributed by atoms with van der Waals surface area (Å²) in [6.45, 7) is 2.08. The lowest BCUT2D eigenvalue weighted by Gasteiger charge is -2.07. The molecule has 0 saturated carbocycles. The predicted octanol–water partition coefficient (Wildman–Crippen LogP) is 0.0447. The van der Waals surface area contributed by atoms with Crippen LogP contribution in [0.25, 0.3) is 0 Å². The van der Waals surface area contributed by atoms with Gasteiger partial charge >= 0.3 is 0 Å². The van der Waals surface area contributed by atoms with E-state index in [0.29, 0.717) is 29.4 Å². The monoisotopic (exact) mass is 313 g/mol. The van der Waals surface area contributed by atoms with Crippen LogP contribution in [0.2, 0.25) is 0 Å². The summed E-state index contributed by atoms with van der Waals surface area (Å²) in [6.07, 6.45) is 0. The fourth-order valence-corrected chi connectivity index (χ4v) is 2.05. The molecule has 4 N–H and O–H groups in total. The average molecular weight is 313 g/mol. The fourth-order valence-electron chi connectivity index (χ4n) is 1.43. The Morgan fingerprint density at radius 1 is 1.43 bits per heavy atom. The summed E-state index contributed by atoms with van der Waals surface area (Å²) in [5.74, 6) is 1.25. The zero-order valence-electron chi connectivity index (χ0n) is 11.7. The molecular formula is C13H19N3O4S. The van der Waals surface area contributed by atoms with Crippen LogP contribution in [0, 0.1) is 0 Å². The molecule has 21 heavy (non-hydrogen) atoms. The topological polar surface area (TPSA) is 114 Å². The van der Waals surface area contributed by atoms with Crippen molar-refractivity contribution in [2.75, 3.05) is 24.7 Å². The first-order chi connectivity index (χ1) is 10.1. The van der Waals surface area contributed by atoms with Crippen molar-refractivity contribution in [2.45, 2.75) is 6.92 Å². The summed E-state index contributed by atoms with van der Waals surface area (Å²) in [5, 5.41) is 14.0. The van der Waals surface area contributed by atoms with Crippen molar-refractivity contribution < 1.29 is 18.9 Å². The van der Waals surface area contributed by atoms with Crippen molar-refractivity contribution in [3.63, 3.8) is 0 Å². The van der Waals surface area contributed by atoms with Gasteiger partial charge in [-0.1, -0.05) is 12.1 Å². The standard InChI is InChI=1S/C13H19N3O4S/c1-2-21(19)8-7-15-12(17)9-20-11-5-3-10(4-6-11)13(14)16-18/h3-6,18H,2,7-9H2,1H3,(H2,14,16)(H,15,17). The summed E-state index contributed by atoms with van der Waals surface area (Å²) in [5.41, 5.74) is 5.98. The molecule has 0 aliphatic heterocycles. The zero-order chi connectivity index (χ0) is 15.7. The normalized spacial score (nSPS) is 12.7. The third-order valence-corrected chi connectivity index (χ3v) is 3.91. The predicted molar refractivity (Wildman–Crippen MR) is 81.0 cm³/mol. The molecule has 1 aromatic rings. The van der Waals surface area contributed by atoms with Crippen LogP contribution in [0.3, 0.4) is 0 Å². The maximum absolute atomic E-state index is 11.5. The van der Waals surface area contributed by atoms with Crippen LogP contribution >= 0.6 is 0 Å². The molecule has 8 heteroatoms. The number of nitrogens with one attached hydrogen (secondary N) is 1. The molecule has 0 bridgehead atoms. The Bertz CT molecular complexity index is 517. The highest BCUT2D eigenvalue weighted by molar-refractivity contribution is 7.84. The van der Waals surface area contributed by atoms with Crippen molar-refractivity contribution in [1.82, 2.24) is 5.32 Å². The van der Waals surface area contributed by atoms with Gasteiger partial charge in [0, 0.05) is 34.4 Å². The summed E-state index contributed by atoms with van der Waals surface area (Å²) in [6, 6.07) is 6.47. The van der Waals surface area contributed by atoms with Gasteiger partial charge in [0.2, 0.25) is 0 Å². The number of hydrogen-bond donors (Lipinski definition) is 3. The first kappa shape index (κ1) is 17.0. The van der Waals surface area contributed by atoms with Gasteiger partial charge in [0.1, 0.15) is 5.75 Å². The Balaban J connectivity index is 2.34. The van der Waals surface area contributed by atoms with E-state index in [4.69, 9.17) is 15.7 Å². The van der Waals surface area contributed by atoms with E-state index in [9.17, 15) is 9.00 Å². The van der Waals surface area contributed by atoms with E-state index in [-0.39, 0.29) is 18.3 Å². The number of nitrogens with zero attached hydrogens (tertiary/aromatic N) is 1. The molecule has 0 heterocycles. The van der Waals surface area contributed by atoms with Crippen LogP contribution in [-0.4, -0.2) is 45.8 Å². The maximum Gasteiger partial charge on any atom is 0.257 e. The molecule has 1 atom stereocenters. The van der Waals surface area contributed by atoms with Gasteiger partial charge in [0.15, 0.2) is 12.4 Å². The summed E-state index contributed by atoms with van der Waals surface area (Å²) in [4.78, 5) is 11.5. The van der Waals surface area contributed by atoms with Gasteiger partial charge in [-0.3, -0.25) is 9.00 Å². The lowest BCUT2D eigenvalue weighted by molar-refractivity contribution is -0.122. The third kappa shape index (κ3) is 6.26. The van der Waals surface area contributed by atoms with Gasteiger partial charge in [-0.05, 0) is 24.3 Å². The third-order valence-electron chi connectivity index (χ3n) is 2.60. The van der Waals surface area contributed by atoms with E-state index in [1.165, 1.54) is 0 Å². The zero-order valence-corrected chi connectivity index (χ0v) is 12.6. The van der Waals surface area contributed by atoms with E-state index < -0.39 is 10.8 Å². The summed E-state index contributed by atoms with van der Waals surface area (Å²) >= 11 is 0. The lowest BCUT2D eigenvalue weighted by Crippen LogP contribution is -2.32. The molecule has 116 valence electrons. The van der Waals surface area contributed by atoms with Gasteiger partial charge in [-0.25, -0.2) is 0 Å². The van der Waals surface area contributed by atoms with Crippen LogP contribution < -0.4 is 15.8 Å². The SMILES string of the molecule is CCS(=O)CCNC(=O)COc1ccc(/C(N)=N/O)cc1. The number of amides is 1. The van der Waals surface area contributed by atoms with E-state index in [0.717, 1.165) is 0 Å². The second-order valence-electron chi connectivity index (χ2n) is 4.08. The van der Waals surface area contributed by atoms with Gasteiger partial charge < -0.3 is 21.0 Å². The first-order valence-corrected chi connectivity index (χ1v) is 7.88. The number of carbonyl (C=O) groups is 1. The molecule has 0 aliphatic carbocycles. The first-order valence-electron chi connectivity index (χ1n) is 6.39. The number of hydrogen-bond acceptors (Lipinski definition) is 5. The van der Waals surface area contributed by atoms with Gasteiger partial charge in [0.25, 0.3) is 5.91 Å². The number of oxime groups is 1. The molecular weight excluding hydrogens is 294 g/mol. The Morgan fingerprint density at radius 3 is 2.67 bits per heavy atom. The fraction of sp³-hybridized carbons (Fsp3) is 0.385. The van der Waals surface area contributed by atoms with Gasteiger partial charge in [-0.2, -0.15) is 0 Å². The molecule has 0 aliphatic rings. The molecule has 0 aromatic heterocycles. The Labute approximate surface area is 125 Å². The Hall–Kier alpha value is -2.09. The highest BCUT2D eigenvalue weighted by atomic mass is 32.2. The highest BCUT2D eigenvalue weighted by Crippen LogP contribution is 2.11. The molecule has 0 spiro atoms. The second kappa shape index (κ2) is 8.96. The summed E-state index contributed by atoms with van der Waals surface area (Å²) < 4.78 is 16.5. The van der Waals surface area contributed by atoms with E-state index >= 15 is 0 Å². The van der Waals surface area contributed by atoms with Crippen LogP contribution in [0.15, 0.2) is 29.4 Å². The molecule has 7 nitrogen and oxygen atoms in total. The molecule has 1 unspecified atom stereocenters. The number of carbonyl (C=O) groups excluding carboxylic acids is 1. The molecule has 1 amide bonds. The number of rotatable bonds is 8. The van der Waals surface area contributed by atoms with Crippen molar-refractivity contribution >= 4 is 22.5 Å². The van der Waals surface area contributed by atoms with Crippen LogP contribution in [-0.2, 0) is 15.6 Å². The van der Waals surface area contributed by atoms with Gasteiger partial charge in [-0.15, -0.1) is 0 Å². The molecule has 0 saturated heterocycles. The highest BCUT2D eigenvalue weighted by Gasteiger charge is 2.04. The minimum atomic E-state index is -0.891. The minimum Gasteiger partial charge on any atom is -0.484 e. The van der Waals surface area contributed by atoms with Crippen molar-refractivity contribution in [2.24, 2.45) is 10.9 Å². The van der Waals surface area contributed by atoms with Crippen LogP contribution in [0.5, 0.6) is 5.75 Å². The molecule has 1 aromatic carbocycles.